The predicted molar refractivity (Wildman–Crippen MR) is 53.7 cm³/mol. The van der Waals surface area contributed by atoms with Gasteiger partial charge in [-0.05, 0) is 31.5 Å². The zero-order valence-corrected chi connectivity index (χ0v) is 9.51. The summed E-state index contributed by atoms with van der Waals surface area (Å²) in [6.07, 6.45) is -4.96. The molecule has 0 heterocycles. The van der Waals surface area contributed by atoms with E-state index in [0.717, 1.165) is 12.1 Å². The van der Waals surface area contributed by atoms with Crippen molar-refractivity contribution in [1.29, 1.82) is 0 Å². The third kappa shape index (κ3) is 3.35. The summed E-state index contributed by atoms with van der Waals surface area (Å²) in [4.78, 5) is 10.9. The molecule has 1 N–H and O–H groups in total. The van der Waals surface area contributed by atoms with Gasteiger partial charge in [-0.3, -0.25) is 4.79 Å². The molecule has 0 spiro atoms. The van der Waals surface area contributed by atoms with E-state index in [9.17, 15) is 22.4 Å². The zero-order valence-electron chi connectivity index (χ0n) is 9.51. The third-order valence-corrected chi connectivity index (χ3v) is 2.36. The van der Waals surface area contributed by atoms with Crippen LogP contribution >= 0.6 is 0 Å². The van der Waals surface area contributed by atoms with Crippen LogP contribution in [-0.2, 0) is 10.2 Å². The molecule has 0 aliphatic rings. The molecule has 3 nitrogen and oxygen atoms in total. The maximum Gasteiger partial charge on any atom is 0.573 e. The van der Waals surface area contributed by atoms with Crippen LogP contribution in [0.15, 0.2) is 18.2 Å². The van der Waals surface area contributed by atoms with E-state index in [1.807, 2.05) is 0 Å². The second-order valence-electron chi connectivity index (χ2n) is 4.15. The molecule has 100 valence electrons. The van der Waals surface area contributed by atoms with Gasteiger partial charge < -0.3 is 9.84 Å². The number of carbonyl (C=O) groups is 1. The molecule has 0 aliphatic carbocycles. The number of rotatable bonds is 3. The zero-order chi connectivity index (χ0) is 14.1. The molecule has 0 aliphatic heterocycles. The standard InChI is InChI=1S/C11H10F4O3/c1-10(2,9(16)17)6-3-7(12)5-8(4-6)18-11(13,14)15/h3-5H,1-2H3,(H,16,17). The molecule has 0 radical (unpaired) electrons. The Morgan fingerprint density at radius 2 is 1.78 bits per heavy atom. The van der Waals surface area contributed by atoms with Gasteiger partial charge in [0.15, 0.2) is 0 Å². The molecular weight excluding hydrogens is 256 g/mol. The molecule has 0 unspecified atom stereocenters. The summed E-state index contributed by atoms with van der Waals surface area (Å²) in [5, 5.41) is 8.92. The highest BCUT2D eigenvalue weighted by molar-refractivity contribution is 5.80. The topological polar surface area (TPSA) is 46.5 Å². The minimum absolute atomic E-state index is 0.116. The van der Waals surface area contributed by atoms with Crippen molar-refractivity contribution in [1.82, 2.24) is 0 Å². The summed E-state index contributed by atoms with van der Waals surface area (Å²) in [6.45, 7) is 2.50. The molecule has 0 aromatic heterocycles. The molecule has 0 saturated heterocycles. The Kier molecular flexibility index (Phi) is 3.54. The fourth-order valence-electron chi connectivity index (χ4n) is 1.24. The molecule has 0 fully saturated rings. The van der Waals surface area contributed by atoms with Gasteiger partial charge in [-0.15, -0.1) is 13.2 Å². The maximum atomic E-state index is 13.2. The minimum Gasteiger partial charge on any atom is -0.481 e. The number of halogens is 4. The monoisotopic (exact) mass is 266 g/mol. The Balaban J connectivity index is 3.20. The third-order valence-electron chi connectivity index (χ3n) is 2.36. The van der Waals surface area contributed by atoms with Crippen LogP contribution in [0.4, 0.5) is 17.6 Å². The van der Waals surface area contributed by atoms with Crippen molar-refractivity contribution in [3.05, 3.63) is 29.6 Å². The van der Waals surface area contributed by atoms with Crippen molar-refractivity contribution in [2.24, 2.45) is 0 Å². The second-order valence-corrected chi connectivity index (χ2v) is 4.15. The SMILES string of the molecule is CC(C)(C(=O)O)c1cc(F)cc(OC(F)(F)F)c1. The summed E-state index contributed by atoms with van der Waals surface area (Å²) in [5.74, 6) is -3.07. The molecule has 0 saturated carbocycles. The van der Waals surface area contributed by atoms with E-state index in [0.29, 0.717) is 6.07 Å². The van der Waals surface area contributed by atoms with Crippen molar-refractivity contribution in [2.75, 3.05) is 0 Å². The van der Waals surface area contributed by atoms with Gasteiger partial charge >= 0.3 is 12.3 Å². The molecule has 1 aromatic carbocycles. The van der Waals surface area contributed by atoms with E-state index in [4.69, 9.17) is 5.11 Å². The van der Waals surface area contributed by atoms with Gasteiger partial charge in [-0.25, -0.2) is 4.39 Å². The summed E-state index contributed by atoms with van der Waals surface area (Å²) in [7, 11) is 0. The van der Waals surface area contributed by atoms with Crippen LogP contribution in [0.2, 0.25) is 0 Å². The number of hydrogen-bond donors (Lipinski definition) is 1. The smallest absolute Gasteiger partial charge is 0.481 e. The average molecular weight is 266 g/mol. The van der Waals surface area contributed by atoms with E-state index in [1.165, 1.54) is 13.8 Å². The number of ether oxygens (including phenoxy) is 1. The van der Waals surface area contributed by atoms with Gasteiger partial charge in [0.05, 0.1) is 5.41 Å². The molecule has 1 rings (SSSR count). The first kappa shape index (κ1) is 14.3. The number of benzene rings is 1. The highest BCUT2D eigenvalue weighted by Crippen LogP contribution is 2.30. The van der Waals surface area contributed by atoms with Gasteiger partial charge in [-0.1, -0.05) is 0 Å². The normalized spacial score (nSPS) is 12.3. The first-order chi connectivity index (χ1) is 8.02. The van der Waals surface area contributed by atoms with Gasteiger partial charge in [0.2, 0.25) is 0 Å². The van der Waals surface area contributed by atoms with Gasteiger partial charge in [0, 0.05) is 6.07 Å². The van der Waals surface area contributed by atoms with Crippen molar-refractivity contribution in [2.45, 2.75) is 25.6 Å². The highest BCUT2D eigenvalue weighted by atomic mass is 19.4. The van der Waals surface area contributed by atoms with Crippen molar-refractivity contribution >= 4 is 5.97 Å². The first-order valence-corrected chi connectivity index (χ1v) is 4.82. The van der Waals surface area contributed by atoms with Crippen LogP contribution in [0.5, 0.6) is 5.75 Å². The van der Waals surface area contributed by atoms with Gasteiger partial charge in [0.25, 0.3) is 0 Å². The first-order valence-electron chi connectivity index (χ1n) is 4.82. The number of carboxylic acid groups (broad SMARTS) is 1. The van der Waals surface area contributed by atoms with Crippen LogP contribution in [0, 0.1) is 5.82 Å². The van der Waals surface area contributed by atoms with Crippen LogP contribution in [0.3, 0.4) is 0 Å². The number of alkyl halides is 3. The maximum absolute atomic E-state index is 13.2. The number of carboxylic acids is 1. The van der Waals surface area contributed by atoms with Gasteiger partial charge in [0.1, 0.15) is 11.6 Å². The van der Waals surface area contributed by atoms with Crippen molar-refractivity contribution < 1.29 is 32.2 Å². The van der Waals surface area contributed by atoms with Crippen LogP contribution < -0.4 is 4.74 Å². The molecule has 0 amide bonds. The molecule has 0 bridgehead atoms. The average Bonchev–Trinajstić information content (AvgIpc) is 2.13. The Bertz CT molecular complexity index is 466. The molecule has 0 atom stereocenters. The number of aliphatic carboxylic acids is 1. The fourth-order valence-corrected chi connectivity index (χ4v) is 1.24. The highest BCUT2D eigenvalue weighted by Gasteiger charge is 2.34. The summed E-state index contributed by atoms with van der Waals surface area (Å²) in [5.41, 5.74) is -1.64. The van der Waals surface area contributed by atoms with Crippen LogP contribution in [-0.4, -0.2) is 17.4 Å². The Hall–Kier alpha value is -1.79. The second kappa shape index (κ2) is 4.47. The van der Waals surface area contributed by atoms with Gasteiger partial charge in [-0.2, -0.15) is 0 Å². The van der Waals surface area contributed by atoms with Crippen LogP contribution in [0.1, 0.15) is 19.4 Å². The van der Waals surface area contributed by atoms with E-state index in [2.05, 4.69) is 4.74 Å². The van der Waals surface area contributed by atoms with E-state index < -0.39 is 29.3 Å². The fraction of sp³-hybridized carbons (Fsp3) is 0.364. The van der Waals surface area contributed by atoms with Crippen molar-refractivity contribution in [3.8, 4) is 5.75 Å². The van der Waals surface area contributed by atoms with Crippen LogP contribution in [0.25, 0.3) is 0 Å². The summed E-state index contributed by atoms with van der Waals surface area (Å²) in [6, 6.07) is 2.25. The molecular formula is C11H10F4O3. The Morgan fingerprint density at radius 1 is 1.22 bits per heavy atom. The lowest BCUT2D eigenvalue weighted by Crippen LogP contribution is -2.29. The molecule has 1 aromatic rings. The molecule has 7 heteroatoms. The van der Waals surface area contributed by atoms with E-state index in [1.54, 1.807) is 0 Å². The summed E-state index contributed by atoms with van der Waals surface area (Å²) >= 11 is 0. The Morgan fingerprint density at radius 3 is 2.22 bits per heavy atom. The minimum atomic E-state index is -4.96. The Labute approximate surface area is 100.0 Å². The lowest BCUT2D eigenvalue weighted by atomic mass is 9.85. The van der Waals surface area contributed by atoms with Crippen molar-refractivity contribution in [3.63, 3.8) is 0 Å². The number of hydrogen-bond acceptors (Lipinski definition) is 2. The predicted octanol–water partition coefficient (Wildman–Crippen LogP) is 3.09. The van der Waals surface area contributed by atoms with E-state index >= 15 is 0 Å². The van der Waals surface area contributed by atoms with E-state index in [-0.39, 0.29) is 5.56 Å². The molecule has 18 heavy (non-hydrogen) atoms. The largest absolute Gasteiger partial charge is 0.573 e. The lowest BCUT2D eigenvalue weighted by Gasteiger charge is -2.20. The lowest BCUT2D eigenvalue weighted by molar-refractivity contribution is -0.274. The quantitative estimate of drug-likeness (QED) is 0.855. The summed E-state index contributed by atoms with van der Waals surface area (Å²) < 4.78 is 52.7.